The number of hydrogen-bond acceptors (Lipinski definition) is 4. The van der Waals surface area contributed by atoms with Gasteiger partial charge in [0.05, 0.1) is 12.7 Å². The van der Waals surface area contributed by atoms with Crippen molar-refractivity contribution >= 4 is 5.91 Å². The van der Waals surface area contributed by atoms with E-state index in [0.29, 0.717) is 12.5 Å². The van der Waals surface area contributed by atoms with Crippen molar-refractivity contribution in [2.45, 2.75) is 32.0 Å². The summed E-state index contributed by atoms with van der Waals surface area (Å²) in [6.07, 6.45) is 1.62. The summed E-state index contributed by atoms with van der Waals surface area (Å²) in [6, 6.07) is 0.211. The molecule has 2 atom stereocenters. The Hall–Kier alpha value is -1.61. The molecule has 2 heterocycles. The first-order valence-electron chi connectivity index (χ1n) is 9.32. The summed E-state index contributed by atoms with van der Waals surface area (Å²) in [5.41, 5.74) is 1.15. The Kier molecular flexibility index (Phi) is 7.27. The van der Waals surface area contributed by atoms with E-state index in [1.165, 1.54) is 7.05 Å². The van der Waals surface area contributed by atoms with Gasteiger partial charge in [-0.2, -0.15) is 18.3 Å². The molecule has 0 saturated carbocycles. The number of halogens is 3. The molecule has 1 aliphatic rings. The Labute approximate surface area is 158 Å². The molecule has 1 fully saturated rings. The van der Waals surface area contributed by atoms with Gasteiger partial charge >= 0.3 is 6.18 Å². The van der Waals surface area contributed by atoms with E-state index in [4.69, 9.17) is 0 Å². The Balaban J connectivity index is 2.01. The maximum Gasteiger partial charge on any atom is 0.406 e. The van der Waals surface area contributed by atoms with Crippen LogP contribution >= 0.6 is 0 Å². The molecule has 0 radical (unpaired) electrons. The SMILES string of the molecule is CCN1CCC[C@@H](CN(C)CC(=O)N(C)CC(F)(F)F)[C@@H]1c1cnn(C)c1. The van der Waals surface area contributed by atoms with Crippen molar-refractivity contribution in [3.05, 3.63) is 18.0 Å². The monoisotopic (exact) mass is 389 g/mol. The van der Waals surface area contributed by atoms with Gasteiger partial charge in [0.15, 0.2) is 0 Å². The lowest BCUT2D eigenvalue weighted by Gasteiger charge is -2.42. The van der Waals surface area contributed by atoms with Crippen LogP contribution in [0.25, 0.3) is 0 Å². The first kappa shape index (κ1) is 21.7. The number of carbonyl (C=O) groups excluding carboxylic acids is 1. The Bertz CT molecular complexity index is 618. The molecule has 154 valence electrons. The lowest BCUT2D eigenvalue weighted by molar-refractivity contribution is -0.159. The number of aromatic nitrogens is 2. The van der Waals surface area contributed by atoms with Crippen molar-refractivity contribution in [1.82, 2.24) is 24.5 Å². The van der Waals surface area contributed by atoms with Gasteiger partial charge in [-0.05, 0) is 38.9 Å². The van der Waals surface area contributed by atoms with Crippen LogP contribution in [0.3, 0.4) is 0 Å². The zero-order chi connectivity index (χ0) is 20.2. The Morgan fingerprint density at radius 1 is 1.37 bits per heavy atom. The molecular formula is C18H30F3N5O. The highest BCUT2D eigenvalue weighted by atomic mass is 19.4. The van der Waals surface area contributed by atoms with Gasteiger partial charge in [0.25, 0.3) is 0 Å². The van der Waals surface area contributed by atoms with Crippen LogP contribution in [0.2, 0.25) is 0 Å². The molecular weight excluding hydrogens is 359 g/mol. The maximum absolute atomic E-state index is 12.5. The fourth-order valence-corrected chi connectivity index (χ4v) is 3.95. The number of aryl methyl sites for hydroxylation is 1. The number of likely N-dealkylation sites (tertiary alicyclic amines) is 1. The molecule has 1 saturated heterocycles. The van der Waals surface area contributed by atoms with Crippen LogP contribution < -0.4 is 0 Å². The van der Waals surface area contributed by atoms with Crippen LogP contribution in [0.15, 0.2) is 12.4 Å². The van der Waals surface area contributed by atoms with Gasteiger partial charge in [-0.15, -0.1) is 0 Å². The number of hydrogen-bond donors (Lipinski definition) is 0. The summed E-state index contributed by atoms with van der Waals surface area (Å²) in [5.74, 6) is -0.218. The summed E-state index contributed by atoms with van der Waals surface area (Å²) >= 11 is 0. The van der Waals surface area contributed by atoms with Crippen LogP contribution in [-0.4, -0.2) is 83.4 Å². The molecule has 9 heteroatoms. The number of likely N-dealkylation sites (N-methyl/N-ethyl adjacent to an activating group) is 2. The molecule has 6 nitrogen and oxygen atoms in total. The molecule has 1 aromatic heterocycles. The summed E-state index contributed by atoms with van der Waals surface area (Å²) in [7, 11) is 4.88. The summed E-state index contributed by atoms with van der Waals surface area (Å²) in [5, 5.41) is 4.29. The van der Waals surface area contributed by atoms with E-state index in [2.05, 4.69) is 16.9 Å². The van der Waals surface area contributed by atoms with E-state index in [9.17, 15) is 18.0 Å². The minimum atomic E-state index is -4.38. The van der Waals surface area contributed by atoms with Gasteiger partial charge in [0.1, 0.15) is 6.54 Å². The molecule has 1 amide bonds. The number of piperidine rings is 1. The van der Waals surface area contributed by atoms with Crippen molar-refractivity contribution in [3.63, 3.8) is 0 Å². The van der Waals surface area contributed by atoms with Crippen molar-refractivity contribution < 1.29 is 18.0 Å². The third kappa shape index (κ3) is 6.21. The molecule has 1 aliphatic heterocycles. The molecule has 0 bridgehead atoms. The highest BCUT2D eigenvalue weighted by Gasteiger charge is 2.34. The Morgan fingerprint density at radius 2 is 2.07 bits per heavy atom. The van der Waals surface area contributed by atoms with Crippen molar-refractivity contribution in [3.8, 4) is 0 Å². The van der Waals surface area contributed by atoms with Crippen LogP contribution in [-0.2, 0) is 11.8 Å². The van der Waals surface area contributed by atoms with Crippen LogP contribution in [0.4, 0.5) is 13.2 Å². The predicted molar refractivity (Wildman–Crippen MR) is 97.1 cm³/mol. The first-order valence-corrected chi connectivity index (χ1v) is 9.32. The topological polar surface area (TPSA) is 44.6 Å². The highest BCUT2D eigenvalue weighted by Crippen LogP contribution is 2.36. The lowest BCUT2D eigenvalue weighted by Crippen LogP contribution is -2.45. The maximum atomic E-state index is 12.5. The van der Waals surface area contributed by atoms with Gasteiger partial charge in [-0.3, -0.25) is 19.3 Å². The number of amides is 1. The third-order valence-electron chi connectivity index (χ3n) is 5.13. The second-order valence-electron chi connectivity index (χ2n) is 7.48. The quantitative estimate of drug-likeness (QED) is 0.717. The summed E-state index contributed by atoms with van der Waals surface area (Å²) in [4.78, 5) is 17.1. The van der Waals surface area contributed by atoms with Crippen molar-refractivity contribution in [2.75, 3.05) is 46.8 Å². The van der Waals surface area contributed by atoms with E-state index >= 15 is 0 Å². The normalized spacial score (nSPS) is 21.6. The zero-order valence-electron chi connectivity index (χ0n) is 16.5. The third-order valence-corrected chi connectivity index (χ3v) is 5.13. The van der Waals surface area contributed by atoms with Gasteiger partial charge in [-0.25, -0.2) is 0 Å². The van der Waals surface area contributed by atoms with Crippen LogP contribution in [0.1, 0.15) is 31.4 Å². The highest BCUT2D eigenvalue weighted by molar-refractivity contribution is 5.78. The van der Waals surface area contributed by atoms with E-state index in [1.807, 2.05) is 24.3 Å². The molecule has 0 N–H and O–H groups in total. The van der Waals surface area contributed by atoms with Crippen LogP contribution in [0.5, 0.6) is 0 Å². The standard InChI is InChI=1S/C18H30F3N5O/c1-5-26-8-6-7-14(17(26)15-9-22-25(4)11-15)10-23(2)12-16(27)24(3)13-18(19,20)21/h9,11,14,17H,5-8,10,12-13H2,1-4H3/t14-,17+/m0/s1. The predicted octanol–water partition coefficient (Wildman–Crippen LogP) is 2.15. The number of carbonyl (C=O) groups is 1. The average molecular weight is 389 g/mol. The van der Waals surface area contributed by atoms with Gasteiger partial charge in [0.2, 0.25) is 5.91 Å². The molecule has 0 aromatic carbocycles. The minimum absolute atomic E-state index is 0.0189. The number of alkyl halides is 3. The van der Waals surface area contributed by atoms with E-state index < -0.39 is 18.6 Å². The molecule has 0 spiro atoms. The van der Waals surface area contributed by atoms with Crippen molar-refractivity contribution in [1.29, 1.82) is 0 Å². The van der Waals surface area contributed by atoms with E-state index in [0.717, 1.165) is 36.4 Å². The smallest absolute Gasteiger partial charge is 0.336 e. The fourth-order valence-electron chi connectivity index (χ4n) is 3.95. The molecule has 0 aliphatic carbocycles. The lowest BCUT2D eigenvalue weighted by atomic mass is 9.85. The zero-order valence-corrected chi connectivity index (χ0v) is 16.5. The summed E-state index contributed by atoms with van der Waals surface area (Å²) in [6.45, 7) is 3.49. The molecule has 2 rings (SSSR count). The number of nitrogens with zero attached hydrogens (tertiary/aromatic N) is 5. The van der Waals surface area contributed by atoms with Crippen molar-refractivity contribution in [2.24, 2.45) is 13.0 Å². The van der Waals surface area contributed by atoms with E-state index in [-0.39, 0.29) is 12.6 Å². The second-order valence-corrected chi connectivity index (χ2v) is 7.48. The van der Waals surface area contributed by atoms with E-state index in [1.54, 1.807) is 11.7 Å². The number of rotatable bonds is 7. The fraction of sp³-hybridized carbons (Fsp3) is 0.778. The van der Waals surface area contributed by atoms with Gasteiger partial charge in [0, 0.05) is 38.4 Å². The Morgan fingerprint density at radius 3 is 2.63 bits per heavy atom. The molecule has 27 heavy (non-hydrogen) atoms. The summed E-state index contributed by atoms with van der Waals surface area (Å²) < 4.78 is 39.2. The average Bonchev–Trinajstić information content (AvgIpc) is 2.98. The second kappa shape index (κ2) is 9.05. The van der Waals surface area contributed by atoms with Crippen LogP contribution in [0, 0.1) is 5.92 Å². The largest absolute Gasteiger partial charge is 0.406 e. The first-order chi connectivity index (χ1) is 12.6. The molecule has 0 unspecified atom stereocenters. The minimum Gasteiger partial charge on any atom is -0.336 e. The van der Waals surface area contributed by atoms with Gasteiger partial charge < -0.3 is 4.90 Å². The molecule has 1 aromatic rings. The van der Waals surface area contributed by atoms with Gasteiger partial charge in [-0.1, -0.05) is 6.92 Å².